The first kappa shape index (κ1) is 27.9. The first-order valence-corrected chi connectivity index (χ1v) is 13.6. The fourth-order valence-electron chi connectivity index (χ4n) is 6.17. The number of Topliss-reactive ketones (excluding diaryl/α,β-unsaturated/α-hetero) is 1. The summed E-state index contributed by atoms with van der Waals surface area (Å²) in [6.07, 6.45) is 2.77. The van der Waals surface area contributed by atoms with Gasteiger partial charge in [-0.25, -0.2) is 0 Å². The van der Waals surface area contributed by atoms with E-state index in [0.29, 0.717) is 13.1 Å². The maximum atomic E-state index is 13.6. The summed E-state index contributed by atoms with van der Waals surface area (Å²) in [6, 6.07) is 10.4. The van der Waals surface area contributed by atoms with Gasteiger partial charge in [-0.15, -0.1) is 6.58 Å². The van der Waals surface area contributed by atoms with Gasteiger partial charge in [0.15, 0.2) is 5.60 Å². The van der Waals surface area contributed by atoms with Crippen molar-refractivity contribution < 1.29 is 27.5 Å². The van der Waals surface area contributed by atoms with Crippen LogP contribution in [0.15, 0.2) is 67.4 Å². The van der Waals surface area contributed by atoms with E-state index in [1.807, 2.05) is 25.3 Å². The van der Waals surface area contributed by atoms with Gasteiger partial charge in [0, 0.05) is 41.8 Å². The zero-order valence-corrected chi connectivity index (χ0v) is 22.9. The molecule has 2 aromatic carbocycles. The summed E-state index contributed by atoms with van der Waals surface area (Å²) in [5.41, 5.74) is 2.33. The van der Waals surface area contributed by atoms with Gasteiger partial charge in [0.25, 0.3) is 0 Å². The molecule has 1 aromatic heterocycles. The van der Waals surface area contributed by atoms with Gasteiger partial charge in [-0.1, -0.05) is 50.3 Å². The molecule has 8 heteroatoms. The largest absolute Gasteiger partial charge is 0.450 e. The Kier molecular flexibility index (Phi) is 7.25. The molecule has 40 heavy (non-hydrogen) atoms. The number of allylic oxidation sites excluding steroid dienone is 1. The lowest BCUT2D eigenvalue weighted by Crippen LogP contribution is -2.48. The SMILES string of the molecule is C=CCn1cc2c3c(cccc31)C1=C[C@@H](C(=O)OC(CC)(CC)C(=O)c3ccc(C(F)(F)F)cc3)CN(C)[C@@H]1C2. The molecule has 0 fully saturated rings. The van der Waals surface area contributed by atoms with Gasteiger partial charge in [-0.3, -0.25) is 14.5 Å². The van der Waals surface area contributed by atoms with Crippen LogP contribution in [-0.2, 0) is 28.7 Å². The summed E-state index contributed by atoms with van der Waals surface area (Å²) in [5, 5.41) is 1.18. The van der Waals surface area contributed by atoms with Crippen LogP contribution >= 0.6 is 0 Å². The van der Waals surface area contributed by atoms with Crippen LogP contribution in [0.4, 0.5) is 13.2 Å². The average Bonchev–Trinajstić information content (AvgIpc) is 3.29. The number of carbonyl (C=O) groups excluding carboxylic acids is 2. The number of ether oxygens (including phenoxy) is 1. The van der Waals surface area contributed by atoms with Crippen LogP contribution in [0, 0.1) is 5.92 Å². The normalized spacial score (nSPS) is 19.2. The molecule has 0 spiro atoms. The van der Waals surface area contributed by atoms with Crippen LogP contribution in [0.3, 0.4) is 0 Å². The number of ketones is 1. The maximum absolute atomic E-state index is 13.6. The van der Waals surface area contributed by atoms with Crippen molar-refractivity contribution >= 4 is 28.2 Å². The molecule has 0 bridgehead atoms. The van der Waals surface area contributed by atoms with Gasteiger partial charge in [0.1, 0.15) is 0 Å². The Morgan fingerprint density at radius 1 is 1.10 bits per heavy atom. The highest BCUT2D eigenvalue weighted by Crippen LogP contribution is 2.42. The zero-order valence-electron chi connectivity index (χ0n) is 22.9. The number of likely N-dealkylation sites (N-methyl/N-ethyl adjacent to an activating group) is 1. The molecular formula is C32H33F3N2O3. The van der Waals surface area contributed by atoms with Crippen LogP contribution in [-0.4, -0.2) is 46.5 Å². The van der Waals surface area contributed by atoms with Crippen molar-refractivity contribution in [2.45, 2.75) is 57.5 Å². The second-order valence-electron chi connectivity index (χ2n) is 10.7. The van der Waals surface area contributed by atoms with Crippen molar-refractivity contribution in [2.75, 3.05) is 13.6 Å². The Hall–Kier alpha value is -3.65. The van der Waals surface area contributed by atoms with Crippen molar-refractivity contribution in [2.24, 2.45) is 5.92 Å². The van der Waals surface area contributed by atoms with Crippen molar-refractivity contribution in [1.29, 1.82) is 0 Å². The summed E-state index contributed by atoms with van der Waals surface area (Å²) in [4.78, 5) is 29.3. The molecule has 0 N–H and O–H groups in total. The summed E-state index contributed by atoms with van der Waals surface area (Å²) in [5.74, 6) is -1.60. The van der Waals surface area contributed by atoms with Gasteiger partial charge >= 0.3 is 12.1 Å². The second-order valence-corrected chi connectivity index (χ2v) is 10.7. The van der Waals surface area contributed by atoms with Crippen molar-refractivity contribution in [3.63, 3.8) is 0 Å². The predicted octanol–water partition coefficient (Wildman–Crippen LogP) is 6.70. The van der Waals surface area contributed by atoms with Crippen LogP contribution in [0.5, 0.6) is 0 Å². The van der Waals surface area contributed by atoms with E-state index >= 15 is 0 Å². The number of alkyl halides is 3. The summed E-state index contributed by atoms with van der Waals surface area (Å²) in [7, 11) is 1.99. The van der Waals surface area contributed by atoms with E-state index in [2.05, 4.69) is 34.4 Å². The van der Waals surface area contributed by atoms with E-state index in [1.54, 1.807) is 13.8 Å². The number of esters is 1. The molecule has 210 valence electrons. The van der Waals surface area contributed by atoms with E-state index in [1.165, 1.54) is 10.9 Å². The van der Waals surface area contributed by atoms with Gasteiger partial charge in [0.05, 0.1) is 11.5 Å². The summed E-state index contributed by atoms with van der Waals surface area (Å²) in [6.45, 7) is 8.51. The van der Waals surface area contributed by atoms with Crippen LogP contribution in [0.2, 0.25) is 0 Å². The number of rotatable bonds is 8. The second kappa shape index (κ2) is 10.4. The molecule has 1 aliphatic heterocycles. The number of halogens is 3. The minimum atomic E-state index is -4.50. The Morgan fingerprint density at radius 2 is 1.80 bits per heavy atom. The molecule has 5 nitrogen and oxygen atoms in total. The molecule has 0 unspecified atom stereocenters. The zero-order chi connectivity index (χ0) is 28.8. The van der Waals surface area contributed by atoms with Gasteiger partial charge in [0.2, 0.25) is 5.78 Å². The lowest BCUT2D eigenvalue weighted by Gasteiger charge is -2.40. The molecule has 0 radical (unpaired) electrons. The van der Waals surface area contributed by atoms with E-state index in [-0.39, 0.29) is 24.4 Å². The minimum absolute atomic E-state index is 0.0826. The number of aromatic nitrogens is 1. The molecule has 3 aromatic rings. The van der Waals surface area contributed by atoms with Crippen molar-refractivity contribution in [1.82, 2.24) is 9.47 Å². The quantitative estimate of drug-likeness (QED) is 0.178. The lowest BCUT2D eigenvalue weighted by atomic mass is 9.80. The third kappa shape index (κ3) is 4.68. The molecule has 5 rings (SSSR count). The Labute approximate surface area is 231 Å². The van der Waals surface area contributed by atoms with Gasteiger partial charge in [-0.2, -0.15) is 13.2 Å². The average molecular weight is 551 g/mol. The smallest absolute Gasteiger partial charge is 0.416 e. The Morgan fingerprint density at radius 3 is 2.42 bits per heavy atom. The van der Waals surface area contributed by atoms with E-state index in [9.17, 15) is 22.8 Å². The number of fused-ring (bicyclic) bond motifs is 2. The highest BCUT2D eigenvalue weighted by atomic mass is 19.4. The first-order valence-electron chi connectivity index (χ1n) is 13.6. The van der Waals surface area contributed by atoms with Crippen LogP contribution in [0.1, 0.15) is 53.7 Å². The third-order valence-electron chi connectivity index (χ3n) is 8.42. The van der Waals surface area contributed by atoms with Gasteiger partial charge in [-0.05, 0) is 61.2 Å². The van der Waals surface area contributed by atoms with E-state index in [4.69, 9.17) is 4.74 Å². The lowest BCUT2D eigenvalue weighted by molar-refractivity contribution is -0.160. The fraction of sp³-hybridized carbons (Fsp3) is 0.375. The number of nitrogens with zero attached hydrogens (tertiary/aromatic N) is 2. The van der Waals surface area contributed by atoms with Crippen molar-refractivity contribution in [3.05, 3.63) is 89.6 Å². The highest BCUT2D eigenvalue weighted by Gasteiger charge is 2.43. The van der Waals surface area contributed by atoms with E-state index in [0.717, 1.165) is 47.3 Å². The monoisotopic (exact) mass is 550 g/mol. The van der Waals surface area contributed by atoms with Crippen molar-refractivity contribution in [3.8, 4) is 0 Å². The molecule has 2 heterocycles. The Bertz CT molecular complexity index is 1500. The molecule has 0 saturated carbocycles. The molecule has 1 aliphatic carbocycles. The summed E-state index contributed by atoms with van der Waals surface area (Å²) >= 11 is 0. The van der Waals surface area contributed by atoms with Gasteiger partial charge < -0.3 is 9.30 Å². The van der Waals surface area contributed by atoms with Crippen LogP contribution < -0.4 is 0 Å². The number of hydrogen-bond donors (Lipinski definition) is 0. The molecular weight excluding hydrogens is 517 g/mol. The third-order valence-corrected chi connectivity index (χ3v) is 8.42. The Balaban J connectivity index is 1.45. The molecule has 0 amide bonds. The molecule has 2 atom stereocenters. The van der Waals surface area contributed by atoms with Crippen LogP contribution in [0.25, 0.3) is 16.5 Å². The number of hydrogen-bond acceptors (Lipinski definition) is 4. The first-order chi connectivity index (χ1) is 19.0. The standard InChI is InChI=1S/C32H33F3N2O3/c1-5-15-37-19-21-17-27-25(24-9-8-10-26(37)28(21)24)16-22(18-36(27)4)30(39)40-31(6-2,7-3)29(38)20-11-13-23(14-12-20)32(33,34)35/h5,8-14,16,19,22,27H,1,6-7,15,17-18H2,2-4H3/t22-,27-/m1/s1. The highest BCUT2D eigenvalue weighted by molar-refractivity contribution is 6.04. The number of benzene rings is 2. The minimum Gasteiger partial charge on any atom is -0.450 e. The van der Waals surface area contributed by atoms with E-state index < -0.39 is 35.0 Å². The number of carbonyl (C=O) groups is 2. The summed E-state index contributed by atoms with van der Waals surface area (Å²) < 4.78 is 47.3. The topological polar surface area (TPSA) is 51.5 Å². The molecule has 2 aliphatic rings. The fourth-order valence-corrected chi connectivity index (χ4v) is 6.17. The predicted molar refractivity (Wildman–Crippen MR) is 149 cm³/mol. The molecule has 0 saturated heterocycles. The maximum Gasteiger partial charge on any atom is 0.416 e.